The summed E-state index contributed by atoms with van der Waals surface area (Å²) in [7, 11) is 0. The van der Waals surface area contributed by atoms with Gasteiger partial charge >= 0.3 is 0 Å². The molecule has 2 N–H and O–H groups in total. The molecule has 0 saturated carbocycles. The van der Waals surface area contributed by atoms with Gasteiger partial charge in [0, 0.05) is 10.0 Å². The number of carbonyl (C=O) groups is 1. The molecule has 4 heteroatoms. The lowest BCUT2D eigenvalue weighted by Gasteiger charge is -2.14. The Balaban J connectivity index is 2.18. The zero-order valence-electron chi connectivity index (χ0n) is 11.8. The number of amides is 1. The summed E-state index contributed by atoms with van der Waals surface area (Å²) in [6.45, 7) is 6.03. The molecule has 2 rings (SSSR count). The highest BCUT2D eigenvalue weighted by atomic mass is 79.9. The highest BCUT2D eigenvalue weighted by Crippen LogP contribution is 2.25. The standard InChI is InChI=1S/C16H17BrN2O/c1-10-11(2)14(9-15(17)12(10)3)16(20)19-18-13-7-5-4-6-8-13/h4-9,18H,1-3H3,(H,19,20). The first-order valence-electron chi connectivity index (χ1n) is 6.38. The van der Waals surface area contributed by atoms with E-state index in [2.05, 4.69) is 26.8 Å². The van der Waals surface area contributed by atoms with Crippen molar-refractivity contribution >= 4 is 27.5 Å². The van der Waals surface area contributed by atoms with Crippen molar-refractivity contribution in [1.82, 2.24) is 5.43 Å². The molecular formula is C16H17BrN2O. The van der Waals surface area contributed by atoms with E-state index in [0.29, 0.717) is 5.56 Å². The third-order valence-electron chi connectivity index (χ3n) is 3.50. The van der Waals surface area contributed by atoms with Crippen molar-refractivity contribution in [2.24, 2.45) is 0 Å². The molecule has 0 atom stereocenters. The van der Waals surface area contributed by atoms with Crippen LogP contribution in [-0.2, 0) is 0 Å². The summed E-state index contributed by atoms with van der Waals surface area (Å²) in [6.07, 6.45) is 0. The Kier molecular flexibility index (Phi) is 4.45. The van der Waals surface area contributed by atoms with Gasteiger partial charge in [0.25, 0.3) is 5.91 Å². The van der Waals surface area contributed by atoms with Crippen LogP contribution in [0.3, 0.4) is 0 Å². The van der Waals surface area contributed by atoms with Gasteiger partial charge in [-0.2, -0.15) is 0 Å². The first kappa shape index (κ1) is 14.6. The second-order valence-electron chi connectivity index (χ2n) is 4.73. The van der Waals surface area contributed by atoms with E-state index < -0.39 is 0 Å². The molecule has 0 aromatic heterocycles. The lowest BCUT2D eigenvalue weighted by molar-refractivity contribution is 0.0962. The SMILES string of the molecule is Cc1c(Br)cc(C(=O)NNc2ccccc2)c(C)c1C. The van der Waals surface area contributed by atoms with Crippen LogP contribution in [0.15, 0.2) is 40.9 Å². The predicted molar refractivity (Wildman–Crippen MR) is 85.9 cm³/mol. The van der Waals surface area contributed by atoms with Crippen molar-refractivity contribution in [1.29, 1.82) is 0 Å². The normalized spacial score (nSPS) is 10.2. The van der Waals surface area contributed by atoms with Crippen LogP contribution >= 0.6 is 15.9 Å². The molecule has 1 amide bonds. The average Bonchev–Trinajstić information content (AvgIpc) is 2.47. The van der Waals surface area contributed by atoms with Crippen LogP contribution in [-0.4, -0.2) is 5.91 Å². The predicted octanol–water partition coefficient (Wildman–Crippen LogP) is 4.13. The molecule has 2 aromatic carbocycles. The van der Waals surface area contributed by atoms with Gasteiger partial charge in [0.15, 0.2) is 0 Å². The summed E-state index contributed by atoms with van der Waals surface area (Å²) in [5, 5.41) is 0. The van der Waals surface area contributed by atoms with E-state index in [1.807, 2.05) is 57.2 Å². The Hall–Kier alpha value is -1.81. The number of halogens is 1. The molecule has 0 fully saturated rings. The van der Waals surface area contributed by atoms with Crippen molar-refractivity contribution in [2.45, 2.75) is 20.8 Å². The van der Waals surface area contributed by atoms with Crippen molar-refractivity contribution in [3.63, 3.8) is 0 Å². The number of hydrazine groups is 1. The van der Waals surface area contributed by atoms with E-state index in [4.69, 9.17) is 0 Å². The largest absolute Gasteiger partial charge is 0.298 e. The molecule has 3 nitrogen and oxygen atoms in total. The number of anilines is 1. The Morgan fingerprint density at radius 2 is 1.65 bits per heavy atom. The van der Waals surface area contributed by atoms with E-state index in [1.54, 1.807) is 0 Å². The van der Waals surface area contributed by atoms with Gasteiger partial charge in [-0.05, 0) is 55.7 Å². The lowest BCUT2D eigenvalue weighted by Crippen LogP contribution is -2.30. The van der Waals surface area contributed by atoms with Crippen LogP contribution in [0, 0.1) is 20.8 Å². The van der Waals surface area contributed by atoms with Gasteiger partial charge in [0.1, 0.15) is 0 Å². The molecule has 2 aromatic rings. The Morgan fingerprint density at radius 1 is 1.00 bits per heavy atom. The molecule has 0 aliphatic carbocycles. The number of rotatable bonds is 3. The highest BCUT2D eigenvalue weighted by Gasteiger charge is 2.14. The summed E-state index contributed by atoms with van der Waals surface area (Å²) in [6, 6.07) is 11.4. The van der Waals surface area contributed by atoms with Crippen LogP contribution < -0.4 is 10.9 Å². The number of benzene rings is 2. The summed E-state index contributed by atoms with van der Waals surface area (Å²) in [5.41, 5.74) is 10.4. The van der Waals surface area contributed by atoms with Crippen LogP contribution in [0.25, 0.3) is 0 Å². The molecule has 0 aliphatic rings. The maximum absolute atomic E-state index is 12.3. The van der Waals surface area contributed by atoms with Crippen molar-refractivity contribution in [3.8, 4) is 0 Å². The van der Waals surface area contributed by atoms with Crippen molar-refractivity contribution < 1.29 is 4.79 Å². The molecule has 104 valence electrons. The van der Waals surface area contributed by atoms with Gasteiger partial charge in [-0.1, -0.05) is 34.1 Å². The van der Waals surface area contributed by atoms with Gasteiger partial charge in [-0.3, -0.25) is 15.6 Å². The lowest BCUT2D eigenvalue weighted by atomic mass is 9.98. The minimum Gasteiger partial charge on any atom is -0.298 e. The fraction of sp³-hybridized carbons (Fsp3) is 0.188. The zero-order valence-corrected chi connectivity index (χ0v) is 13.3. The zero-order chi connectivity index (χ0) is 14.7. The van der Waals surface area contributed by atoms with Crippen molar-refractivity contribution in [2.75, 3.05) is 5.43 Å². The molecule has 0 spiro atoms. The van der Waals surface area contributed by atoms with Gasteiger partial charge in [0.2, 0.25) is 0 Å². The summed E-state index contributed by atoms with van der Waals surface area (Å²) < 4.78 is 0.950. The molecule has 0 unspecified atom stereocenters. The molecule has 20 heavy (non-hydrogen) atoms. The Bertz CT molecular complexity index is 639. The Labute approximate surface area is 127 Å². The summed E-state index contributed by atoms with van der Waals surface area (Å²) >= 11 is 3.49. The van der Waals surface area contributed by atoms with E-state index in [1.165, 1.54) is 0 Å². The minimum absolute atomic E-state index is 0.143. The number of carbonyl (C=O) groups excluding carboxylic acids is 1. The molecule has 0 saturated heterocycles. The van der Waals surface area contributed by atoms with E-state index in [9.17, 15) is 4.79 Å². The third-order valence-corrected chi connectivity index (χ3v) is 4.32. The number of nitrogens with one attached hydrogen (secondary N) is 2. The first-order chi connectivity index (χ1) is 9.50. The van der Waals surface area contributed by atoms with Gasteiger partial charge < -0.3 is 0 Å². The van der Waals surface area contributed by atoms with Gasteiger partial charge in [0.05, 0.1) is 5.69 Å². The molecule has 0 bridgehead atoms. The summed E-state index contributed by atoms with van der Waals surface area (Å²) in [4.78, 5) is 12.3. The number of hydrogen-bond donors (Lipinski definition) is 2. The van der Waals surface area contributed by atoms with E-state index >= 15 is 0 Å². The quantitative estimate of drug-likeness (QED) is 0.829. The van der Waals surface area contributed by atoms with Gasteiger partial charge in [-0.25, -0.2) is 0 Å². The van der Waals surface area contributed by atoms with Crippen LogP contribution in [0.4, 0.5) is 5.69 Å². The van der Waals surface area contributed by atoms with Crippen LogP contribution in [0.1, 0.15) is 27.0 Å². The molecule has 0 radical (unpaired) electrons. The van der Waals surface area contributed by atoms with Gasteiger partial charge in [-0.15, -0.1) is 0 Å². The maximum atomic E-state index is 12.3. The summed E-state index contributed by atoms with van der Waals surface area (Å²) in [5.74, 6) is -0.143. The number of hydrogen-bond acceptors (Lipinski definition) is 2. The minimum atomic E-state index is -0.143. The van der Waals surface area contributed by atoms with E-state index in [-0.39, 0.29) is 5.91 Å². The highest BCUT2D eigenvalue weighted by molar-refractivity contribution is 9.10. The maximum Gasteiger partial charge on any atom is 0.269 e. The van der Waals surface area contributed by atoms with Crippen molar-refractivity contribution in [3.05, 3.63) is 63.1 Å². The monoisotopic (exact) mass is 332 g/mol. The number of para-hydroxylation sites is 1. The fourth-order valence-electron chi connectivity index (χ4n) is 1.96. The molecule has 0 heterocycles. The second kappa shape index (κ2) is 6.09. The van der Waals surface area contributed by atoms with Crippen LogP contribution in [0.2, 0.25) is 0 Å². The molecular weight excluding hydrogens is 316 g/mol. The first-order valence-corrected chi connectivity index (χ1v) is 7.17. The second-order valence-corrected chi connectivity index (χ2v) is 5.58. The van der Waals surface area contributed by atoms with E-state index in [0.717, 1.165) is 26.9 Å². The Morgan fingerprint density at radius 3 is 2.30 bits per heavy atom. The average molecular weight is 333 g/mol. The molecule has 0 aliphatic heterocycles. The van der Waals surface area contributed by atoms with Crippen LogP contribution in [0.5, 0.6) is 0 Å². The smallest absolute Gasteiger partial charge is 0.269 e. The third kappa shape index (κ3) is 3.02. The topological polar surface area (TPSA) is 41.1 Å². The fourth-order valence-corrected chi connectivity index (χ4v) is 2.49.